The number of hydrazone groups is 1. The second-order valence-electron chi connectivity index (χ2n) is 3.11. The highest BCUT2D eigenvalue weighted by atomic mass is 35.5. The molecule has 0 aliphatic heterocycles. The third-order valence-corrected chi connectivity index (χ3v) is 1.83. The molecule has 19 heavy (non-hydrogen) atoms. The molecule has 0 radical (unpaired) electrons. The molecule has 104 valence electrons. The van der Waals surface area contributed by atoms with E-state index in [2.05, 4.69) is 5.10 Å². The van der Waals surface area contributed by atoms with Crippen LogP contribution in [0.1, 0.15) is 15.9 Å². The van der Waals surface area contributed by atoms with Gasteiger partial charge in [0.15, 0.2) is 0 Å². The van der Waals surface area contributed by atoms with Crippen LogP contribution in [0.4, 0.5) is 0 Å². The molecule has 0 spiro atoms. The van der Waals surface area contributed by atoms with Crippen molar-refractivity contribution in [3.05, 3.63) is 35.4 Å². The van der Waals surface area contributed by atoms with E-state index in [-0.39, 0.29) is 24.8 Å². The van der Waals surface area contributed by atoms with Crippen LogP contribution in [-0.2, 0) is 0 Å². The van der Waals surface area contributed by atoms with Crippen LogP contribution in [-0.4, -0.2) is 29.4 Å². The standard InChI is InChI=1S/C10H12N6O.2ClH/c11-9(12)16(10(13)14)15-5-7-2-1-3-8(4-7)6-17;;/h1-6H,(H3,11,12)(H3,13,14);2*1H. The van der Waals surface area contributed by atoms with E-state index < -0.39 is 11.9 Å². The number of nitrogens with one attached hydrogen (secondary N) is 2. The number of rotatable bonds is 3. The number of halogens is 2. The minimum Gasteiger partial charge on any atom is -0.368 e. The molecule has 0 saturated heterocycles. The largest absolute Gasteiger partial charge is 0.368 e. The van der Waals surface area contributed by atoms with Gasteiger partial charge in [0.25, 0.3) is 0 Å². The summed E-state index contributed by atoms with van der Waals surface area (Å²) >= 11 is 0. The number of nitrogens with two attached hydrogens (primary N) is 2. The first-order valence-corrected chi connectivity index (χ1v) is 4.62. The van der Waals surface area contributed by atoms with Crippen molar-refractivity contribution in [2.75, 3.05) is 0 Å². The molecule has 0 heterocycles. The van der Waals surface area contributed by atoms with Gasteiger partial charge >= 0.3 is 0 Å². The van der Waals surface area contributed by atoms with Gasteiger partial charge in [0.1, 0.15) is 6.29 Å². The number of nitrogens with zero attached hydrogens (tertiary/aromatic N) is 2. The molecule has 0 amide bonds. The van der Waals surface area contributed by atoms with Crippen LogP contribution in [0.15, 0.2) is 29.4 Å². The summed E-state index contributed by atoms with van der Waals surface area (Å²) in [5.74, 6) is -0.916. The van der Waals surface area contributed by atoms with Crippen molar-refractivity contribution >= 4 is 49.2 Å². The van der Waals surface area contributed by atoms with Crippen LogP contribution in [0.3, 0.4) is 0 Å². The van der Waals surface area contributed by atoms with Crippen LogP contribution in [0.5, 0.6) is 0 Å². The minimum atomic E-state index is -0.458. The Hall–Kier alpha value is -2.12. The summed E-state index contributed by atoms with van der Waals surface area (Å²) in [7, 11) is 0. The van der Waals surface area contributed by atoms with Crippen molar-refractivity contribution < 1.29 is 4.79 Å². The van der Waals surface area contributed by atoms with Crippen molar-refractivity contribution in [2.45, 2.75) is 0 Å². The van der Waals surface area contributed by atoms with Crippen molar-refractivity contribution in [1.82, 2.24) is 5.01 Å². The highest BCUT2D eigenvalue weighted by Crippen LogP contribution is 2.01. The molecular weight excluding hydrogens is 291 g/mol. The molecule has 6 N–H and O–H groups in total. The lowest BCUT2D eigenvalue weighted by Crippen LogP contribution is -2.41. The zero-order chi connectivity index (χ0) is 12.8. The average Bonchev–Trinajstić information content (AvgIpc) is 2.28. The molecule has 0 aliphatic carbocycles. The Labute approximate surface area is 122 Å². The number of aldehydes is 1. The molecule has 0 bridgehead atoms. The zero-order valence-corrected chi connectivity index (χ0v) is 11.4. The van der Waals surface area contributed by atoms with Crippen LogP contribution in [0.25, 0.3) is 0 Å². The van der Waals surface area contributed by atoms with E-state index in [9.17, 15) is 4.79 Å². The minimum absolute atomic E-state index is 0. The fourth-order valence-electron chi connectivity index (χ4n) is 1.09. The van der Waals surface area contributed by atoms with Gasteiger partial charge in [-0.1, -0.05) is 18.2 Å². The Bertz CT molecular complexity index is 477. The second-order valence-corrected chi connectivity index (χ2v) is 3.11. The fraction of sp³-hybridized carbons (Fsp3) is 0. The van der Waals surface area contributed by atoms with E-state index in [0.717, 1.165) is 5.01 Å². The molecule has 0 aliphatic rings. The molecule has 1 aromatic rings. The summed E-state index contributed by atoms with van der Waals surface area (Å²) in [6, 6.07) is 6.67. The Balaban J connectivity index is 0. The van der Waals surface area contributed by atoms with Gasteiger partial charge in [0, 0.05) is 5.56 Å². The number of carbonyl (C=O) groups excluding carboxylic acids is 1. The number of hydrogen-bond acceptors (Lipinski definition) is 4. The lowest BCUT2D eigenvalue weighted by Gasteiger charge is -2.12. The molecule has 0 saturated carbocycles. The van der Waals surface area contributed by atoms with Crippen LogP contribution < -0.4 is 11.5 Å². The molecule has 0 atom stereocenters. The van der Waals surface area contributed by atoms with E-state index >= 15 is 0 Å². The Morgan fingerprint density at radius 3 is 2.16 bits per heavy atom. The van der Waals surface area contributed by atoms with Crippen LogP contribution >= 0.6 is 24.8 Å². The number of hydrogen-bond donors (Lipinski definition) is 4. The quantitative estimate of drug-likeness (QED) is 0.284. The lowest BCUT2D eigenvalue weighted by atomic mass is 10.1. The first-order valence-electron chi connectivity index (χ1n) is 4.62. The van der Waals surface area contributed by atoms with Gasteiger partial charge in [-0.2, -0.15) is 10.1 Å². The van der Waals surface area contributed by atoms with Crippen LogP contribution in [0, 0.1) is 10.8 Å². The van der Waals surface area contributed by atoms with Gasteiger partial charge < -0.3 is 11.5 Å². The summed E-state index contributed by atoms with van der Waals surface area (Å²) in [5.41, 5.74) is 11.5. The van der Waals surface area contributed by atoms with Gasteiger partial charge in [-0.15, -0.1) is 24.8 Å². The molecular formula is C10H14Cl2N6O. The molecule has 7 nitrogen and oxygen atoms in total. The van der Waals surface area contributed by atoms with Gasteiger partial charge in [0.2, 0.25) is 11.9 Å². The van der Waals surface area contributed by atoms with Crippen molar-refractivity contribution in [2.24, 2.45) is 16.6 Å². The van der Waals surface area contributed by atoms with Crippen molar-refractivity contribution in [3.8, 4) is 0 Å². The van der Waals surface area contributed by atoms with Crippen molar-refractivity contribution in [3.63, 3.8) is 0 Å². The highest BCUT2D eigenvalue weighted by molar-refractivity contribution is 5.95. The van der Waals surface area contributed by atoms with Gasteiger partial charge in [-0.05, 0) is 11.6 Å². The van der Waals surface area contributed by atoms with Crippen molar-refractivity contribution in [1.29, 1.82) is 10.8 Å². The number of benzene rings is 1. The third kappa shape index (κ3) is 5.84. The SMILES string of the molecule is Cl.Cl.N=C(N)N(N=Cc1cccc(C=O)c1)C(=N)N. The predicted octanol–water partition coefficient (Wildman–Crippen LogP) is 0.766. The third-order valence-electron chi connectivity index (χ3n) is 1.83. The monoisotopic (exact) mass is 304 g/mol. The molecule has 0 aromatic heterocycles. The Kier molecular flexibility index (Phi) is 9.00. The maximum atomic E-state index is 10.6. The first-order chi connectivity index (χ1) is 8.04. The predicted molar refractivity (Wildman–Crippen MR) is 79.6 cm³/mol. The highest BCUT2D eigenvalue weighted by Gasteiger charge is 2.06. The average molecular weight is 305 g/mol. The van der Waals surface area contributed by atoms with E-state index in [4.69, 9.17) is 22.3 Å². The summed E-state index contributed by atoms with van der Waals surface area (Å²) in [6.07, 6.45) is 2.07. The van der Waals surface area contributed by atoms with Crippen LogP contribution in [0.2, 0.25) is 0 Å². The maximum Gasteiger partial charge on any atom is 0.216 e. The molecule has 1 rings (SSSR count). The summed E-state index contributed by atoms with van der Waals surface area (Å²) in [4.78, 5) is 10.6. The summed E-state index contributed by atoms with van der Waals surface area (Å²) in [5, 5.41) is 18.8. The summed E-state index contributed by atoms with van der Waals surface area (Å²) < 4.78 is 0. The second kappa shape index (κ2) is 8.90. The van der Waals surface area contributed by atoms with E-state index in [0.29, 0.717) is 17.4 Å². The molecule has 9 heteroatoms. The van der Waals surface area contributed by atoms with E-state index in [1.807, 2.05) is 0 Å². The molecule has 0 unspecified atom stereocenters. The maximum absolute atomic E-state index is 10.6. The number of carbonyl (C=O) groups is 1. The topological polar surface area (TPSA) is 132 Å². The molecule has 0 fully saturated rings. The van der Waals surface area contributed by atoms with Gasteiger partial charge in [-0.25, -0.2) is 0 Å². The van der Waals surface area contributed by atoms with Gasteiger partial charge in [-0.3, -0.25) is 15.6 Å². The van der Waals surface area contributed by atoms with E-state index in [1.54, 1.807) is 24.3 Å². The Morgan fingerprint density at radius 1 is 1.16 bits per heavy atom. The first kappa shape index (κ1) is 19.2. The molecule has 1 aromatic carbocycles. The van der Waals surface area contributed by atoms with Gasteiger partial charge in [0.05, 0.1) is 6.21 Å². The lowest BCUT2D eigenvalue weighted by molar-refractivity contribution is 0.112. The fourth-order valence-corrected chi connectivity index (χ4v) is 1.09. The smallest absolute Gasteiger partial charge is 0.216 e. The Morgan fingerprint density at radius 2 is 1.68 bits per heavy atom. The summed E-state index contributed by atoms with van der Waals surface area (Å²) in [6.45, 7) is 0. The normalized spacial score (nSPS) is 9.05. The number of guanidine groups is 2. The zero-order valence-electron chi connectivity index (χ0n) is 9.74. The van der Waals surface area contributed by atoms with E-state index in [1.165, 1.54) is 6.21 Å².